The SMILES string of the molecule is CCc1ccc(COc2ccc3c(c2)OCC3NC)cc1. The fraction of sp³-hybridized carbons (Fsp3) is 0.333. The lowest BCUT2D eigenvalue weighted by Gasteiger charge is -2.09. The van der Waals surface area contributed by atoms with Gasteiger partial charge >= 0.3 is 0 Å². The van der Waals surface area contributed by atoms with Gasteiger partial charge in [-0.2, -0.15) is 0 Å². The molecule has 2 aromatic carbocycles. The highest BCUT2D eigenvalue weighted by molar-refractivity contribution is 5.45. The highest BCUT2D eigenvalue weighted by Gasteiger charge is 2.22. The Hall–Kier alpha value is -2.00. The minimum Gasteiger partial charge on any atom is -0.491 e. The van der Waals surface area contributed by atoms with Crippen LogP contribution in [0.3, 0.4) is 0 Å². The first-order chi connectivity index (χ1) is 10.3. The minimum absolute atomic E-state index is 0.288. The maximum Gasteiger partial charge on any atom is 0.127 e. The van der Waals surface area contributed by atoms with Gasteiger partial charge in [0.05, 0.1) is 6.04 Å². The van der Waals surface area contributed by atoms with E-state index >= 15 is 0 Å². The van der Waals surface area contributed by atoms with Crippen molar-refractivity contribution in [3.05, 3.63) is 59.2 Å². The molecule has 0 amide bonds. The van der Waals surface area contributed by atoms with Crippen molar-refractivity contribution in [3.8, 4) is 11.5 Å². The van der Waals surface area contributed by atoms with Crippen LogP contribution in [0, 0.1) is 0 Å². The van der Waals surface area contributed by atoms with E-state index in [9.17, 15) is 0 Å². The van der Waals surface area contributed by atoms with Gasteiger partial charge in [0.1, 0.15) is 24.7 Å². The Morgan fingerprint density at radius 2 is 1.90 bits per heavy atom. The molecule has 0 radical (unpaired) electrons. The van der Waals surface area contributed by atoms with Crippen LogP contribution < -0.4 is 14.8 Å². The largest absolute Gasteiger partial charge is 0.491 e. The van der Waals surface area contributed by atoms with Gasteiger partial charge in [-0.3, -0.25) is 0 Å². The molecule has 1 aliphatic rings. The summed E-state index contributed by atoms with van der Waals surface area (Å²) in [5.41, 5.74) is 3.74. The van der Waals surface area contributed by atoms with Crippen LogP contribution in [0.4, 0.5) is 0 Å². The van der Waals surface area contributed by atoms with Gasteiger partial charge in [-0.1, -0.05) is 31.2 Å². The molecule has 0 fully saturated rings. The molecular weight excluding hydrogens is 262 g/mol. The normalized spacial score (nSPS) is 16.4. The topological polar surface area (TPSA) is 30.5 Å². The minimum atomic E-state index is 0.288. The van der Waals surface area contributed by atoms with Crippen molar-refractivity contribution in [2.75, 3.05) is 13.7 Å². The molecule has 0 aliphatic carbocycles. The highest BCUT2D eigenvalue weighted by atomic mass is 16.5. The molecule has 3 nitrogen and oxygen atoms in total. The number of nitrogens with one attached hydrogen (secondary N) is 1. The monoisotopic (exact) mass is 283 g/mol. The molecule has 1 heterocycles. The zero-order chi connectivity index (χ0) is 14.7. The van der Waals surface area contributed by atoms with E-state index in [2.05, 4.69) is 42.6 Å². The molecule has 1 N–H and O–H groups in total. The second-order valence-electron chi connectivity index (χ2n) is 5.31. The number of ether oxygens (including phenoxy) is 2. The summed E-state index contributed by atoms with van der Waals surface area (Å²) in [7, 11) is 1.95. The van der Waals surface area contributed by atoms with Gasteiger partial charge in [0.15, 0.2) is 0 Å². The van der Waals surface area contributed by atoms with E-state index in [0.29, 0.717) is 13.2 Å². The Kier molecular flexibility index (Phi) is 4.11. The maximum atomic E-state index is 5.86. The Morgan fingerprint density at radius 1 is 1.14 bits per heavy atom. The van der Waals surface area contributed by atoms with Gasteiger partial charge in [0.25, 0.3) is 0 Å². The number of rotatable bonds is 5. The van der Waals surface area contributed by atoms with Crippen molar-refractivity contribution >= 4 is 0 Å². The van der Waals surface area contributed by atoms with E-state index in [4.69, 9.17) is 9.47 Å². The zero-order valence-corrected chi connectivity index (χ0v) is 12.6. The van der Waals surface area contributed by atoms with Gasteiger partial charge in [-0.25, -0.2) is 0 Å². The third-order valence-electron chi connectivity index (χ3n) is 3.95. The first-order valence-corrected chi connectivity index (χ1v) is 7.44. The number of benzene rings is 2. The summed E-state index contributed by atoms with van der Waals surface area (Å²) in [6.07, 6.45) is 1.07. The number of aryl methyl sites for hydroxylation is 1. The van der Waals surface area contributed by atoms with E-state index in [1.54, 1.807) is 0 Å². The molecule has 1 atom stereocenters. The molecular formula is C18H21NO2. The number of hydrogen-bond acceptors (Lipinski definition) is 3. The van der Waals surface area contributed by atoms with Gasteiger partial charge in [-0.05, 0) is 36.7 Å². The van der Waals surface area contributed by atoms with Crippen LogP contribution in [0.25, 0.3) is 0 Å². The van der Waals surface area contributed by atoms with Crippen LogP contribution in [-0.2, 0) is 13.0 Å². The Labute approximate surface area is 125 Å². The van der Waals surface area contributed by atoms with E-state index in [-0.39, 0.29) is 6.04 Å². The molecule has 0 aromatic heterocycles. The average molecular weight is 283 g/mol. The molecule has 0 bridgehead atoms. The Morgan fingerprint density at radius 3 is 2.62 bits per heavy atom. The average Bonchev–Trinajstić information content (AvgIpc) is 2.95. The molecule has 21 heavy (non-hydrogen) atoms. The summed E-state index contributed by atoms with van der Waals surface area (Å²) in [6, 6.07) is 14.9. The molecule has 2 aromatic rings. The summed E-state index contributed by atoms with van der Waals surface area (Å²) in [5, 5.41) is 3.24. The van der Waals surface area contributed by atoms with Gasteiger partial charge in [0, 0.05) is 11.6 Å². The quantitative estimate of drug-likeness (QED) is 0.911. The Balaban J connectivity index is 1.65. The predicted octanol–water partition coefficient (Wildman–Crippen LogP) is 3.48. The molecule has 0 saturated heterocycles. The summed E-state index contributed by atoms with van der Waals surface area (Å²) >= 11 is 0. The number of fused-ring (bicyclic) bond motifs is 1. The fourth-order valence-corrected chi connectivity index (χ4v) is 2.56. The zero-order valence-electron chi connectivity index (χ0n) is 12.6. The molecule has 3 heteroatoms. The summed E-state index contributed by atoms with van der Waals surface area (Å²) in [6.45, 7) is 3.43. The van der Waals surface area contributed by atoms with Crippen molar-refractivity contribution in [1.82, 2.24) is 5.32 Å². The molecule has 1 unspecified atom stereocenters. The third kappa shape index (κ3) is 3.03. The van der Waals surface area contributed by atoms with Crippen LogP contribution in [0.2, 0.25) is 0 Å². The second-order valence-corrected chi connectivity index (χ2v) is 5.31. The standard InChI is InChI=1S/C18H21NO2/c1-3-13-4-6-14(7-5-13)11-20-15-8-9-16-17(19-2)12-21-18(16)10-15/h4-10,17,19H,3,11-12H2,1-2H3. The molecule has 1 aliphatic heterocycles. The fourth-order valence-electron chi connectivity index (χ4n) is 2.56. The molecule has 3 rings (SSSR count). The smallest absolute Gasteiger partial charge is 0.127 e. The lowest BCUT2D eigenvalue weighted by Crippen LogP contribution is -2.17. The molecule has 0 saturated carbocycles. The van der Waals surface area contributed by atoms with E-state index in [1.165, 1.54) is 16.7 Å². The van der Waals surface area contributed by atoms with Crippen LogP contribution in [0.15, 0.2) is 42.5 Å². The first kappa shape index (κ1) is 14.0. The van der Waals surface area contributed by atoms with Crippen molar-refractivity contribution in [2.24, 2.45) is 0 Å². The first-order valence-electron chi connectivity index (χ1n) is 7.44. The highest BCUT2D eigenvalue weighted by Crippen LogP contribution is 2.35. The van der Waals surface area contributed by atoms with Crippen LogP contribution >= 0.6 is 0 Å². The van der Waals surface area contributed by atoms with E-state index in [0.717, 1.165) is 17.9 Å². The lowest BCUT2D eigenvalue weighted by molar-refractivity contribution is 0.298. The second kappa shape index (κ2) is 6.19. The molecule has 0 spiro atoms. The van der Waals surface area contributed by atoms with Crippen LogP contribution in [0.5, 0.6) is 11.5 Å². The predicted molar refractivity (Wildman–Crippen MR) is 83.9 cm³/mol. The summed E-state index contributed by atoms with van der Waals surface area (Å²) < 4.78 is 11.5. The van der Waals surface area contributed by atoms with Gasteiger partial charge in [-0.15, -0.1) is 0 Å². The third-order valence-corrected chi connectivity index (χ3v) is 3.95. The Bertz CT molecular complexity index is 607. The van der Waals surface area contributed by atoms with Gasteiger partial charge in [0.2, 0.25) is 0 Å². The van der Waals surface area contributed by atoms with E-state index in [1.807, 2.05) is 19.2 Å². The van der Waals surface area contributed by atoms with Crippen LogP contribution in [0.1, 0.15) is 29.7 Å². The molecule has 110 valence electrons. The van der Waals surface area contributed by atoms with Crippen molar-refractivity contribution in [1.29, 1.82) is 0 Å². The van der Waals surface area contributed by atoms with Gasteiger partial charge < -0.3 is 14.8 Å². The maximum absolute atomic E-state index is 5.86. The number of likely N-dealkylation sites (N-methyl/N-ethyl adjacent to an activating group) is 1. The summed E-state index contributed by atoms with van der Waals surface area (Å²) in [4.78, 5) is 0. The lowest BCUT2D eigenvalue weighted by atomic mass is 10.1. The summed E-state index contributed by atoms with van der Waals surface area (Å²) in [5.74, 6) is 1.78. The number of hydrogen-bond donors (Lipinski definition) is 1. The van der Waals surface area contributed by atoms with Crippen LogP contribution in [-0.4, -0.2) is 13.7 Å². The van der Waals surface area contributed by atoms with Crippen molar-refractivity contribution < 1.29 is 9.47 Å². The van der Waals surface area contributed by atoms with E-state index < -0.39 is 0 Å². The van der Waals surface area contributed by atoms with Crippen molar-refractivity contribution in [2.45, 2.75) is 26.0 Å². The van der Waals surface area contributed by atoms with Crippen molar-refractivity contribution in [3.63, 3.8) is 0 Å².